The molecule has 4 heteroatoms. The lowest BCUT2D eigenvalue weighted by Crippen LogP contribution is -2.05. The molecule has 0 saturated carbocycles. The third-order valence-corrected chi connectivity index (χ3v) is 2.35. The molecule has 0 aliphatic rings. The molecule has 0 unspecified atom stereocenters. The van der Waals surface area contributed by atoms with Crippen molar-refractivity contribution in [2.45, 2.75) is 6.54 Å². The van der Waals surface area contributed by atoms with E-state index < -0.39 is 0 Å². The largest absolute Gasteiger partial charge is 0.383 e. The highest BCUT2D eigenvalue weighted by Gasteiger charge is 2.02. The van der Waals surface area contributed by atoms with Crippen LogP contribution in [0.2, 0.25) is 5.02 Å². The van der Waals surface area contributed by atoms with Crippen molar-refractivity contribution in [2.24, 2.45) is 0 Å². The van der Waals surface area contributed by atoms with E-state index in [0.717, 1.165) is 22.5 Å². The Kier molecular flexibility index (Phi) is 2.70. The van der Waals surface area contributed by atoms with Crippen molar-refractivity contribution in [3.05, 3.63) is 29.4 Å². The Bertz CT molecular complexity index is 439. The minimum atomic E-state index is 0.656. The van der Waals surface area contributed by atoms with E-state index in [9.17, 15) is 0 Å². The molecule has 0 amide bonds. The molecule has 0 aliphatic heterocycles. The van der Waals surface area contributed by atoms with Gasteiger partial charge in [0.2, 0.25) is 0 Å². The number of nitrogens with zero attached hydrogens (tertiary/aromatic N) is 2. The van der Waals surface area contributed by atoms with Gasteiger partial charge in [-0.2, -0.15) is 5.10 Å². The van der Waals surface area contributed by atoms with E-state index in [1.807, 2.05) is 29.1 Å². The number of hydrogen-bond acceptors (Lipinski definition) is 2. The first kappa shape index (κ1) is 9.49. The second-order valence-corrected chi connectivity index (χ2v) is 3.50. The molecular formula is C10H11ClN2O. The van der Waals surface area contributed by atoms with E-state index >= 15 is 0 Å². The molecule has 0 bridgehead atoms. The quantitative estimate of drug-likeness (QED) is 0.778. The van der Waals surface area contributed by atoms with Crippen LogP contribution in [0.4, 0.5) is 0 Å². The number of hydrogen-bond donors (Lipinski definition) is 0. The van der Waals surface area contributed by atoms with E-state index in [2.05, 4.69) is 5.10 Å². The molecule has 0 aliphatic carbocycles. The molecule has 1 aromatic heterocycles. The zero-order valence-electron chi connectivity index (χ0n) is 7.90. The van der Waals surface area contributed by atoms with Crippen LogP contribution >= 0.6 is 11.6 Å². The standard InChI is InChI=1S/C10H11ClN2O/c1-14-5-4-13-10-6-9(11)3-2-8(10)7-12-13/h2-3,6-7H,4-5H2,1H3. The van der Waals surface area contributed by atoms with Gasteiger partial charge in [0.25, 0.3) is 0 Å². The van der Waals surface area contributed by atoms with Gasteiger partial charge in [-0.15, -0.1) is 0 Å². The predicted molar refractivity (Wildman–Crippen MR) is 56.6 cm³/mol. The van der Waals surface area contributed by atoms with Crippen LogP contribution in [0, 0.1) is 0 Å². The second-order valence-electron chi connectivity index (χ2n) is 3.06. The molecule has 0 fully saturated rings. The Morgan fingerprint density at radius 3 is 3.14 bits per heavy atom. The molecule has 0 spiro atoms. The van der Waals surface area contributed by atoms with Gasteiger partial charge in [-0.25, -0.2) is 0 Å². The average molecular weight is 211 g/mol. The zero-order chi connectivity index (χ0) is 9.97. The number of ether oxygens (including phenoxy) is 1. The third-order valence-electron chi connectivity index (χ3n) is 2.11. The first-order valence-corrected chi connectivity index (χ1v) is 4.79. The summed E-state index contributed by atoms with van der Waals surface area (Å²) in [5, 5.41) is 6.09. The molecule has 0 N–H and O–H groups in total. The van der Waals surface area contributed by atoms with Crippen molar-refractivity contribution in [2.75, 3.05) is 13.7 Å². The summed E-state index contributed by atoms with van der Waals surface area (Å²) in [5.74, 6) is 0. The molecular weight excluding hydrogens is 200 g/mol. The summed E-state index contributed by atoms with van der Waals surface area (Å²) in [6, 6.07) is 5.75. The maximum Gasteiger partial charge on any atom is 0.0698 e. The van der Waals surface area contributed by atoms with Gasteiger partial charge < -0.3 is 4.74 Å². The topological polar surface area (TPSA) is 27.1 Å². The lowest BCUT2D eigenvalue weighted by Gasteiger charge is -2.02. The van der Waals surface area contributed by atoms with Gasteiger partial charge >= 0.3 is 0 Å². The van der Waals surface area contributed by atoms with Crippen molar-refractivity contribution < 1.29 is 4.74 Å². The highest BCUT2D eigenvalue weighted by Crippen LogP contribution is 2.18. The van der Waals surface area contributed by atoms with Crippen LogP contribution in [0.3, 0.4) is 0 Å². The molecule has 14 heavy (non-hydrogen) atoms. The first-order valence-electron chi connectivity index (χ1n) is 4.41. The Morgan fingerprint density at radius 2 is 2.36 bits per heavy atom. The Morgan fingerprint density at radius 1 is 1.50 bits per heavy atom. The van der Waals surface area contributed by atoms with E-state index in [4.69, 9.17) is 16.3 Å². The van der Waals surface area contributed by atoms with Crippen LogP contribution in [0.1, 0.15) is 0 Å². The average Bonchev–Trinajstić information content (AvgIpc) is 2.57. The summed E-state index contributed by atoms with van der Waals surface area (Å²) in [5.41, 5.74) is 1.05. The molecule has 1 aromatic carbocycles. The SMILES string of the molecule is COCCn1ncc2ccc(Cl)cc21. The van der Waals surface area contributed by atoms with Crippen LogP contribution in [0.5, 0.6) is 0 Å². The van der Waals surface area contributed by atoms with Crippen molar-refractivity contribution in [3.63, 3.8) is 0 Å². The minimum absolute atomic E-state index is 0.656. The fraction of sp³-hybridized carbons (Fsp3) is 0.300. The van der Waals surface area contributed by atoms with E-state index in [0.29, 0.717) is 6.61 Å². The summed E-state index contributed by atoms with van der Waals surface area (Å²) >= 11 is 5.91. The zero-order valence-corrected chi connectivity index (χ0v) is 8.66. The lowest BCUT2D eigenvalue weighted by atomic mass is 10.2. The fourth-order valence-electron chi connectivity index (χ4n) is 1.40. The fourth-order valence-corrected chi connectivity index (χ4v) is 1.57. The smallest absolute Gasteiger partial charge is 0.0698 e. The molecule has 0 saturated heterocycles. The minimum Gasteiger partial charge on any atom is -0.383 e. The molecule has 74 valence electrons. The van der Waals surface area contributed by atoms with Crippen LogP contribution in [-0.4, -0.2) is 23.5 Å². The van der Waals surface area contributed by atoms with Gasteiger partial charge in [-0.1, -0.05) is 11.6 Å². The van der Waals surface area contributed by atoms with Crippen molar-refractivity contribution in [3.8, 4) is 0 Å². The second kappa shape index (κ2) is 3.98. The van der Waals surface area contributed by atoms with Gasteiger partial charge in [0, 0.05) is 17.5 Å². The van der Waals surface area contributed by atoms with Crippen LogP contribution in [-0.2, 0) is 11.3 Å². The van der Waals surface area contributed by atoms with Crippen LogP contribution in [0.15, 0.2) is 24.4 Å². The van der Waals surface area contributed by atoms with Crippen molar-refractivity contribution >= 4 is 22.5 Å². The lowest BCUT2D eigenvalue weighted by molar-refractivity contribution is 0.185. The molecule has 3 nitrogen and oxygen atoms in total. The highest BCUT2D eigenvalue weighted by molar-refractivity contribution is 6.31. The summed E-state index contributed by atoms with van der Waals surface area (Å²) in [4.78, 5) is 0. The maximum atomic E-state index is 5.91. The van der Waals surface area contributed by atoms with Crippen molar-refractivity contribution in [1.82, 2.24) is 9.78 Å². The number of halogens is 1. The third kappa shape index (κ3) is 1.74. The maximum absolute atomic E-state index is 5.91. The van der Waals surface area contributed by atoms with Crippen molar-refractivity contribution in [1.29, 1.82) is 0 Å². The highest BCUT2D eigenvalue weighted by atomic mass is 35.5. The monoisotopic (exact) mass is 210 g/mol. The number of aromatic nitrogens is 2. The Balaban J connectivity index is 2.40. The molecule has 0 radical (unpaired) electrons. The molecule has 0 atom stereocenters. The molecule has 1 heterocycles. The van der Waals surface area contributed by atoms with Gasteiger partial charge in [0.1, 0.15) is 0 Å². The predicted octanol–water partition coefficient (Wildman–Crippen LogP) is 2.34. The summed E-state index contributed by atoms with van der Waals surface area (Å²) in [6.45, 7) is 1.41. The van der Waals surface area contributed by atoms with Gasteiger partial charge in [-0.05, 0) is 18.2 Å². The number of rotatable bonds is 3. The Labute approximate surface area is 87.2 Å². The van der Waals surface area contributed by atoms with Gasteiger partial charge in [0.05, 0.1) is 24.9 Å². The summed E-state index contributed by atoms with van der Waals surface area (Å²) < 4.78 is 6.89. The van der Waals surface area contributed by atoms with Gasteiger partial charge in [-0.3, -0.25) is 4.68 Å². The normalized spacial score (nSPS) is 11.0. The first-order chi connectivity index (χ1) is 6.81. The summed E-state index contributed by atoms with van der Waals surface area (Å²) in [7, 11) is 1.68. The Hall–Kier alpha value is -1.06. The van der Waals surface area contributed by atoms with E-state index in [1.54, 1.807) is 7.11 Å². The van der Waals surface area contributed by atoms with E-state index in [1.165, 1.54) is 0 Å². The number of methoxy groups -OCH3 is 1. The summed E-state index contributed by atoms with van der Waals surface area (Å²) in [6.07, 6.45) is 1.83. The molecule has 2 rings (SSSR count). The number of fused-ring (bicyclic) bond motifs is 1. The number of benzene rings is 1. The molecule has 2 aromatic rings. The van der Waals surface area contributed by atoms with E-state index in [-0.39, 0.29) is 0 Å². The van der Waals surface area contributed by atoms with Crippen LogP contribution < -0.4 is 0 Å². The van der Waals surface area contributed by atoms with Gasteiger partial charge in [0.15, 0.2) is 0 Å². The van der Waals surface area contributed by atoms with Crippen LogP contribution in [0.25, 0.3) is 10.9 Å².